The van der Waals surface area contributed by atoms with E-state index in [9.17, 15) is 4.79 Å². The SMILES string of the molecule is CCOC(=O)C1CCN(c2nc(C[NH+]3CCOCC3)nc3sc(C)c(C)c23)CC1. The summed E-state index contributed by atoms with van der Waals surface area (Å²) in [6.45, 7) is 12.8. The average Bonchev–Trinajstić information content (AvgIpc) is 3.02. The van der Waals surface area contributed by atoms with E-state index in [-0.39, 0.29) is 11.9 Å². The number of hydrogen-bond acceptors (Lipinski definition) is 7. The molecular formula is C21H31N4O3S+. The van der Waals surface area contributed by atoms with Crippen molar-refractivity contribution in [1.82, 2.24) is 9.97 Å². The monoisotopic (exact) mass is 419 g/mol. The zero-order valence-electron chi connectivity index (χ0n) is 17.6. The second kappa shape index (κ2) is 8.93. The number of anilines is 1. The fraction of sp³-hybridized carbons (Fsp3) is 0.667. The quantitative estimate of drug-likeness (QED) is 0.741. The van der Waals surface area contributed by atoms with Crippen molar-refractivity contribution in [2.24, 2.45) is 5.92 Å². The number of rotatable bonds is 5. The Morgan fingerprint density at radius 2 is 1.97 bits per heavy atom. The Bertz CT molecular complexity index is 870. The number of quaternary nitrogens is 1. The molecule has 0 aromatic carbocycles. The molecule has 0 atom stereocenters. The van der Waals surface area contributed by atoms with E-state index in [1.54, 1.807) is 11.3 Å². The largest absolute Gasteiger partial charge is 0.466 e. The number of aryl methyl sites for hydroxylation is 2. The number of esters is 1. The van der Waals surface area contributed by atoms with Crippen LogP contribution in [-0.4, -0.2) is 61.9 Å². The molecular weight excluding hydrogens is 388 g/mol. The number of aromatic nitrogens is 2. The first-order chi connectivity index (χ1) is 14.1. The van der Waals surface area contributed by atoms with Crippen molar-refractivity contribution in [3.8, 4) is 0 Å². The predicted octanol–water partition coefficient (Wildman–Crippen LogP) is 1.50. The van der Waals surface area contributed by atoms with E-state index in [0.29, 0.717) is 6.61 Å². The number of carbonyl (C=O) groups excluding carboxylic acids is 1. The van der Waals surface area contributed by atoms with Crippen LogP contribution in [0.25, 0.3) is 10.2 Å². The van der Waals surface area contributed by atoms with Crippen LogP contribution < -0.4 is 9.80 Å². The summed E-state index contributed by atoms with van der Waals surface area (Å²) in [5.74, 6) is 1.91. The summed E-state index contributed by atoms with van der Waals surface area (Å²) in [4.78, 5) is 28.3. The molecule has 0 unspecified atom stereocenters. The van der Waals surface area contributed by atoms with E-state index < -0.39 is 0 Å². The van der Waals surface area contributed by atoms with Crippen LogP contribution in [0.4, 0.5) is 5.82 Å². The average molecular weight is 420 g/mol. The lowest BCUT2D eigenvalue weighted by atomic mass is 9.97. The Kier molecular flexibility index (Phi) is 6.32. The van der Waals surface area contributed by atoms with Crippen molar-refractivity contribution in [3.05, 3.63) is 16.3 Å². The summed E-state index contributed by atoms with van der Waals surface area (Å²) in [6, 6.07) is 0. The minimum atomic E-state index is -0.0563. The third-order valence-corrected chi connectivity index (χ3v) is 7.18. The molecule has 4 rings (SSSR count). The van der Waals surface area contributed by atoms with Gasteiger partial charge in [-0.05, 0) is 39.2 Å². The summed E-state index contributed by atoms with van der Waals surface area (Å²) < 4.78 is 10.7. The van der Waals surface area contributed by atoms with Gasteiger partial charge < -0.3 is 19.3 Å². The van der Waals surface area contributed by atoms with E-state index >= 15 is 0 Å². The lowest BCUT2D eigenvalue weighted by Gasteiger charge is -2.32. The van der Waals surface area contributed by atoms with Crippen LogP contribution in [0.3, 0.4) is 0 Å². The third-order valence-electron chi connectivity index (χ3n) is 6.08. The highest BCUT2D eigenvalue weighted by Crippen LogP contribution is 2.36. The number of carbonyl (C=O) groups is 1. The molecule has 2 aromatic rings. The standard InChI is InChI=1S/C21H30N4O3S/c1-4-28-21(26)16-5-7-25(8-6-16)19-18-14(2)15(3)29-20(18)23-17(22-19)13-24-9-11-27-12-10-24/h16H,4-13H2,1-3H3/p+1. The molecule has 29 heavy (non-hydrogen) atoms. The van der Waals surface area contributed by atoms with Gasteiger partial charge in [-0.3, -0.25) is 4.79 Å². The molecule has 158 valence electrons. The second-order valence-electron chi connectivity index (χ2n) is 7.98. The van der Waals surface area contributed by atoms with Gasteiger partial charge in [-0.25, -0.2) is 9.97 Å². The molecule has 4 heterocycles. The maximum atomic E-state index is 12.1. The summed E-state index contributed by atoms with van der Waals surface area (Å²) in [7, 11) is 0. The summed E-state index contributed by atoms with van der Waals surface area (Å²) >= 11 is 1.76. The predicted molar refractivity (Wildman–Crippen MR) is 114 cm³/mol. The van der Waals surface area contributed by atoms with Crippen LogP contribution in [-0.2, 0) is 20.8 Å². The molecule has 0 aliphatic carbocycles. The number of nitrogens with zero attached hydrogens (tertiary/aromatic N) is 3. The second-order valence-corrected chi connectivity index (χ2v) is 9.18. The van der Waals surface area contributed by atoms with E-state index in [1.165, 1.54) is 20.7 Å². The Morgan fingerprint density at radius 1 is 1.24 bits per heavy atom. The van der Waals surface area contributed by atoms with Gasteiger partial charge >= 0.3 is 5.97 Å². The minimum absolute atomic E-state index is 0.00565. The molecule has 0 saturated carbocycles. The lowest BCUT2D eigenvalue weighted by molar-refractivity contribution is -0.922. The van der Waals surface area contributed by atoms with Gasteiger partial charge in [-0.1, -0.05) is 0 Å². The summed E-state index contributed by atoms with van der Waals surface area (Å²) in [5, 5.41) is 1.18. The van der Waals surface area contributed by atoms with Gasteiger partial charge in [0.1, 0.15) is 30.3 Å². The Labute approximate surface area is 176 Å². The highest BCUT2D eigenvalue weighted by Gasteiger charge is 2.29. The van der Waals surface area contributed by atoms with Gasteiger partial charge in [-0.15, -0.1) is 11.3 Å². The van der Waals surface area contributed by atoms with Crippen molar-refractivity contribution in [3.63, 3.8) is 0 Å². The molecule has 2 saturated heterocycles. The first kappa shape index (κ1) is 20.5. The Balaban J connectivity index is 1.59. The molecule has 2 fully saturated rings. The topological polar surface area (TPSA) is 69.0 Å². The van der Waals surface area contributed by atoms with Crippen molar-refractivity contribution >= 4 is 33.3 Å². The van der Waals surface area contributed by atoms with Gasteiger partial charge in [0, 0.05) is 18.0 Å². The van der Waals surface area contributed by atoms with Crippen LogP contribution in [0.15, 0.2) is 0 Å². The molecule has 1 N–H and O–H groups in total. The number of fused-ring (bicyclic) bond motifs is 1. The van der Waals surface area contributed by atoms with Crippen molar-refractivity contribution in [1.29, 1.82) is 0 Å². The van der Waals surface area contributed by atoms with Gasteiger partial charge in [0.15, 0.2) is 5.82 Å². The van der Waals surface area contributed by atoms with E-state index in [0.717, 1.165) is 75.3 Å². The van der Waals surface area contributed by atoms with Crippen LogP contribution in [0, 0.1) is 19.8 Å². The highest BCUT2D eigenvalue weighted by atomic mass is 32.1. The molecule has 0 spiro atoms. The lowest BCUT2D eigenvalue weighted by Crippen LogP contribution is -3.12. The zero-order chi connectivity index (χ0) is 20.4. The van der Waals surface area contributed by atoms with Gasteiger partial charge in [0.2, 0.25) is 0 Å². The molecule has 7 nitrogen and oxygen atoms in total. The molecule has 2 aliphatic heterocycles. The fourth-order valence-electron chi connectivity index (χ4n) is 4.23. The van der Waals surface area contributed by atoms with E-state index in [4.69, 9.17) is 19.4 Å². The summed E-state index contributed by atoms with van der Waals surface area (Å²) in [6.07, 6.45) is 1.63. The maximum absolute atomic E-state index is 12.1. The number of thiophene rings is 1. The zero-order valence-corrected chi connectivity index (χ0v) is 18.4. The molecule has 8 heteroatoms. The molecule has 0 amide bonds. The Hall–Kier alpha value is -1.77. The van der Waals surface area contributed by atoms with Crippen LogP contribution in [0.1, 0.15) is 36.0 Å². The number of ether oxygens (including phenoxy) is 2. The van der Waals surface area contributed by atoms with Gasteiger partial charge in [0.05, 0.1) is 31.1 Å². The van der Waals surface area contributed by atoms with Crippen molar-refractivity contribution in [2.45, 2.75) is 40.2 Å². The smallest absolute Gasteiger partial charge is 0.309 e. The normalized spacial score (nSPS) is 19.1. The number of piperidine rings is 1. The number of morpholine rings is 1. The van der Waals surface area contributed by atoms with Gasteiger partial charge in [-0.2, -0.15) is 0 Å². The first-order valence-corrected chi connectivity index (χ1v) is 11.5. The van der Waals surface area contributed by atoms with Crippen LogP contribution >= 0.6 is 11.3 Å². The third kappa shape index (κ3) is 4.39. The highest BCUT2D eigenvalue weighted by molar-refractivity contribution is 7.18. The summed E-state index contributed by atoms with van der Waals surface area (Å²) in [5.41, 5.74) is 1.28. The minimum Gasteiger partial charge on any atom is -0.466 e. The molecule has 0 radical (unpaired) electrons. The Morgan fingerprint density at radius 3 is 2.66 bits per heavy atom. The van der Waals surface area contributed by atoms with Crippen molar-refractivity contribution in [2.75, 3.05) is 50.9 Å². The van der Waals surface area contributed by atoms with E-state index in [1.807, 2.05) is 6.92 Å². The van der Waals surface area contributed by atoms with Crippen molar-refractivity contribution < 1.29 is 19.2 Å². The van der Waals surface area contributed by atoms with Crippen LogP contribution in [0.2, 0.25) is 0 Å². The molecule has 2 aliphatic rings. The van der Waals surface area contributed by atoms with Gasteiger partial charge in [0.25, 0.3) is 0 Å². The molecule has 0 bridgehead atoms. The van der Waals surface area contributed by atoms with E-state index in [2.05, 4.69) is 18.7 Å². The number of nitrogens with one attached hydrogen (secondary N) is 1. The number of hydrogen-bond donors (Lipinski definition) is 1. The van der Waals surface area contributed by atoms with Crippen LogP contribution in [0.5, 0.6) is 0 Å². The molecule has 2 aromatic heterocycles. The maximum Gasteiger partial charge on any atom is 0.309 e. The first-order valence-electron chi connectivity index (χ1n) is 10.7. The fourth-order valence-corrected chi connectivity index (χ4v) is 5.27.